The molecular weight excluding hydrogens is 439 g/mol. The van der Waals surface area contributed by atoms with E-state index in [-0.39, 0.29) is 27.9 Å². The molecule has 0 radical (unpaired) electrons. The van der Waals surface area contributed by atoms with Crippen LogP contribution in [0.1, 0.15) is 10.4 Å². The standard InChI is InChI=1S/C26H23FN2O5/c1-29-19-12-8-6-10-17(19)23(30)22(16-9-5-7-11-18(16)27)25(29)28-26(31)15-13-20(32-2)24(34-4)21(14-15)33-3/h5-14H,1-4H3,(H,28,31). The lowest BCUT2D eigenvalue weighted by Gasteiger charge is -2.19. The first kappa shape index (κ1) is 22.8. The van der Waals surface area contributed by atoms with Gasteiger partial charge in [0.1, 0.15) is 11.6 Å². The average molecular weight is 462 g/mol. The number of carbonyl (C=O) groups is 1. The fourth-order valence-corrected chi connectivity index (χ4v) is 3.94. The molecule has 0 bridgehead atoms. The molecule has 0 aliphatic rings. The fraction of sp³-hybridized carbons (Fsp3) is 0.154. The van der Waals surface area contributed by atoms with E-state index < -0.39 is 11.7 Å². The highest BCUT2D eigenvalue weighted by Gasteiger charge is 2.23. The molecule has 1 amide bonds. The molecule has 1 aromatic heterocycles. The van der Waals surface area contributed by atoms with Crippen molar-refractivity contribution >= 4 is 22.6 Å². The van der Waals surface area contributed by atoms with Crippen molar-refractivity contribution in [1.82, 2.24) is 4.57 Å². The summed E-state index contributed by atoms with van der Waals surface area (Å²) in [6.45, 7) is 0. The van der Waals surface area contributed by atoms with E-state index in [0.29, 0.717) is 28.2 Å². The van der Waals surface area contributed by atoms with Gasteiger partial charge in [0.2, 0.25) is 5.75 Å². The number of amides is 1. The van der Waals surface area contributed by atoms with E-state index in [2.05, 4.69) is 5.32 Å². The Morgan fingerprint density at radius 1 is 0.912 bits per heavy atom. The van der Waals surface area contributed by atoms with Gasteiger partial charge in [0.05, 0.1) is 32.4 Å². The molecule has 0 aliphatic heterocycles. The minimum Gasteiger partial charge on any atom is -0.493 e. The quantitative estimate of drug-likeness (QED) is 0.452. The van der Waals surface area contributed by atoms with E-state index in [1.807, 2.05) is 0 Å². The summed E-state index contributed by atoms with van der Waals surface area (Å²) in [4.78, 5) is 26.8. The lowest BCUT2D eigenvalue weighted by Crippen LogP contribution is -2.22. The number of benzene rings is 3. The maximum absolute atomic E-state index is 14.8. The number of ether oxygens (including phenoxy) is 3. The molecule has 7 nitrogen and oxygen atoms in total. The molecule has 1 heterocycles. The van der Waals surface area contributed by atoms with Crippen LogP contribution in [0.25, 0.3) is 22.0 Å². The van der Waals surface area contributed by atoms with Gasteiger partial charge in [-0.2, -0.15) is 0 Å². The monoisotopic (exact) mass is 462 g/mol. The maximum Gasteiger partial charge on any atom is 0.257 e. The predicted molar refractivity (Wildman–Crippen MR) is 129 cm³/mol. The van der Waals surface area contributed by atoms with E-state index in [9.17, 15) is 14.0 Å². The van der Waals surface area contributed by atoms with Crippen LogP contribution < -0.4 is 25.0 Å². The lowest BCUT2D eigenvalue weighted by atomic mass is 10.0. The van der Waals surface area contributed by atoms with E-state index >= 15 is 0 Å². The molecule has 0 saturated heterocycles. The van der Waals surface area contributed by atoms with Crippen LogP contribution in [0.4, 0.5) is 10.2 Å². The Kier molecular flexibility index (Phi) is 6.23. The molecule has 174 valence electrons. The van der Waals surface area contributed by atoms with Crippen molar-refractivity contribution < 1.29 is 23.4 Å². The molecule has 4 aromatic rings. The zero-order valence-electron chi connectivity index (χ0n) is 19.1. The third-order valence-electron chi connectivity index (χ3n) is 5.61. The summed E-state index contributed by atoms with van der Waals surface area (Å²) in [6.07, 6.45) is 0. The number of rotatable bonds is 6. The van der Waals surface area contributed by atoms with Crippen molar-refractivity contribution in [1.29, 1.82) is 0 Å². The molecule has 0 unspecified atom stereocenters. The average Bonchev–Trinajstić information content (AvgIpc) is 2.87. The highest BCUT2D eigenvalue weighted by atomic mass is 19.1. The second-order valence-electron chi connectivity index (χ2n) is 7.48. The molecule has 0 atom stereocenters. The fourth-order valence-electron chi connectivity index (χ4n) is 3.94. The highest BCUT2D eigenvalue weighted by molar-refractivity contribution is 6.07. The molecule has 4 rings (SSSR count). The number of halogens is 1. The van der Waals surface area contributed by atoms with Crippen molar-refractivity contribution in [2.24, 2.45) is 7.05 Å². The van der Waals surface area contributed by atoms with Gasteiger partial charge in [-0.25, -0.2) is 4.39 Å². The molecule has 0 aliphatic carbocycles. The molecule has 3 aromatic carbocycles. The van der Waals surface area contributed by atoms with Gasteiger partial charge in [0.15, 0.2) is 16.9 Å². The van der Waals surface area contributed by atoms with Gasteiger partial charge < -0.3 is 24.1 Å². The van der Waals surface area contributed by atoms with Crippen LogP contribution in [-0.2, 0) is 7.05 Å². The number of carbonyl (C=O) groups excluding carboxylic acids is 1. The number of hydrogen-bond acceptors (Lipinski definition) is 5. The van der Waals surface area contributed by atoms with Crippen molar-refractivity contribution in [2.45, 2.75) is 0 Å². The summed E-state index contributed by atoms with van der Waals surface area (Å²) < 4.78 is 32.5. The van der Waals surface area contributed by atoms with Crippen LogP contribution in [0.2, 0.25) is 0 Å². The van der Waals surface area contributed by atoms with Crippen molar-refractivity contribution in [3.63, 3.8) is 0 Å². The second-order valence-corrected chi connectivity index (χ2v) is 7.48. The molecule has 8 heteroatoms. The van der Waals surface area contributed by atoms with Crippen LogP contribution in [0.5, 0.6) is 17.2 Å². The normalized spacial score (nSPS) is 10.7. The van der Waals surface area contributed by atoms with Gasteiger partial charge in [0.25, 0.3) is 5.91 Å². The number of anilines is 1. The first-order valence-corrected chi connectivity index (χ1v) is 10.4. The van der Waals surface area contributed by atoms with Gasteiger partial charge in [-0.3, -0.25) is 9.59 Å². The molecule has 0 saturated carbocycles. The molecule has 1 N–H and O–H groups in total. The van der Waals surface area contributed by atoms with Crippen molar-refractivity contribution in [3.05, 3.63) is 82.3 Å². The smallest absolute Gasteiger partial charge is 0.257 e. The van der Waals surface area contributed by atoms with Gasteiger partial charge in [-0.15, -0.1) is 0 Å². The highest BCUT2D eigenvalue weighted by Crippen LogP contribution is 2.38. The third kappa shape index (κ3) is 3.83. The molecule has 0 fully saturated rings. The number of para-hydroxylation sites is 1. The number of aromatic nitrogens is 1. The summed E-state index contributed by atoms with van der Waals surface area (Å²) in [6, 6.07) is 15.9. The molecule has 0 spiro atoms. The number of aryl methyl sites for hydroxylation is 1. The van der Waals surface area contributed by atoms with E-state index in [0.717, 1.165) is 0 Å². The summed E-state index contributed by atoms with van der Waals surface area (Å²) in [5, 5.41) is 3.21. The number of hydrogen-bond donors (Lipinski definition) is 1. The first-order chi connectivity index (χ1) is 16.4. The van der Waals surface area contributed by atoms with E-state index in [1.165, 1.54) is 45.6 Å². The van der Waals surface area contributed by atoms with Crippen LogP contribution in [0.15, 0.2) is 65.5 Å². The van der Waals surface area contributed by atoms with E-state index in [4.69, 9.17) is 14.2 Å². The van der Waals surface area contributed by atoms with E-state index in [1.54, 1.807) is 48.0 Å². The summed E-state index contributed by atoms with van der Waals surface area (Å²) in [5.74, 6) is -0.0120. The minimum absolute atomic E-state index is 0.0556. The SMILES string of the molecule is COc1cc(C(=O)Nc2c(-c3ccccc3F)c(=O)c3ccccc3n2C)cc(OC)c1OC. The lowest BCUT2D eigenvalue weighted by molar-refractivity contribution is 0.102. The summed E-state index contributed by atoms with van der Waals surface area (Å²) in [7, 11) is 6.06. The van der Waals surface area contributed by atoms with Crippen LogP contribution >= 0.6 is 0 Å². The topological polar surface area (TPSA) is 78.8 Å². The number of nitrogens with one attached hydrogen (secondary N) is 1. The zero-order chi connectivity index (χ0) is 24.4. The maximum atomic E-state index is 14.8. The van der Waals surface area contributed by atoms with Crippen molar-refractivity contribution in [3.8, 4) is 28.4 Å². The molecule has 34 heavy (non-hydrogen) atoms. The number of methoxy groups -OCH3 is 3. The van der Waals surface area contributed by atoms with Gasteiger partial charge in [-0.1, -0.05) is 30.3 Å². The van der Waals surface area contributed by atoms with Crippen LogP contribution in [-0.4, -0.2) is 31.8 Å². The minimum atomic E-state index is -0.571. The Labute approximate surface area is 195 Å². The van der Waals surface area contributed by atoms with Crippen LogP contribution in [0, 0.1) is 5.82 Å². The van der Waals surface area contributed by atoms with Crippen LogP contribution in [0.3, 0.4) is 0 Å². The Morgan fingerprint density at radius 2 is 1.53 bits per heavy atom. The molecular formula is C26H23FN2O5. The Morgan fingerprint density at radius 3 is 2.15 bits per heavy atom. The number of fused-ring (bicyclic) bond motifs is 1. The second kappa shape index (κ2) is 9.27. The summed E-state index contributed by atoms with van der Waals surface area (Å²) in [5.41, 5.74) is 0.551. The van der Waals surface area contributed by atoms with Gasteiger partial charge >= 0.3 is 0 Å². The third-order valence-corrected chi connectivity index (χ3v) is 5.61. The number of pyridine rings is 1. The Bertz CT molecular complexity index is 1440. The Hall–Kier alpha value is -4.33. The van der Waals surface area contributed by atoms with Gasteiger partial charge in [0, 0.05) is 23.6 Å². The first-order valence-electron chi connectivity index (χ1n) is 10.4. The Balaban J connectivity index is 1.93. The zero-order valence-corrected chi connectivity index (χ0v) is 19.1. The predicted octanol–water partition coefficient (Wildman–Crippen LogP) is 4.62. The largest absolute Gasteiger partial charge is 0.493 e. The summed E-state index contributed by atoms with van der Waals surface area (Å²) >= 11 is 0. The van der Waals surface area contributed by atoms with Crippen molar-refractivity contribution in [2.75, 3.05) is 26.6 Å². The van der Waals surface area contributed by atoms with Gasteiger partial charge in [-0.05, 0) is 30.3 Å². The number of nitrogens with zero attached hydrogens (tertiary/aromatic N) is 1.